The fourth-order valence-electron chi connectivity index (χ4n) is 2.41. The smallest absolute Gasteiger partial charge is 0.243 e. The zero-order valence-electron chi connectivity index (χ0n) is 13.7. The number of carbonyl (C=O) groups is 1. The molecule has 2 aromatic rings. The Hall–Kier alpha value is -2.28. The summed E-state index contributed by atoms with van der Waals surface area (Å²) >= 11 is 0. The highest BCUT2D eigenvalue weighted by Gasteiger charge is 2.21. The molecule has 2 rings (SSSR count). The molecule has 23 heavy (non-hydrogen) atoms. The molecule has 1 heterocycles. The van der Waals surface area contributed by atoms with E-state index in [4.69, 9.17) is 0 Å². The zero-order valence-corrected chi connectivity index (χ0v) is 13.7. The summed E-state index contributed by atoms with van der Waals surface area (Å²) in [6.45, 7) is 6.25. The summed E-state index contributed by atoms with van der Waals surface area (Å²) in [5.74, 6) is 0.313. The third-order valence-electron chi connectivity index (χ3n) is 3.38. The van der Waals surface area contributed by atoms with Gasteiger partial charge in [0.05, 0.1) is 6.10 Å². The molecular formula is C16H23N5O2. The van der Waals surface area contributed by atoms with Crippen LogP contribution in [0.5, 0.6) is 0 Å². The molecule has 0 aliphatic carbocycles. The Labute approximate surface area is 135 Å². The summed E-state index contributed by atoms with van der Waals surface area (Å²) in [6, 6.07) is 9.48. The standard InChI is InChI=1S/C16H23N5O2/c1-12(22)9-16(2,3)11-17-14(23)10-21-19-15(18-20-21)13-7-5-4-6-8-13/h4-8,12,22H,9-11H2,1-3H3,(H,17,23). The molecule has 0 saturated heterocycles. The Morgan fingerprint density at radius 2 is 2.04 bits per heavy atom. The SMILES string of the molecule is CC(O)CC(C)(C)CNC(=O)Cn1nnc(-c2ccccc2)n1. The van der Waals surface area contributed by atoms with Crippen LogP contribution in [0.2, 0.25) is 0 Å². The van der Waals surface area contributed by atoms with Crippen LogP contribution in [0.3, 0.4) is 0 Å². The maximum Gasteiger partial charge on any atom is 0.243 e. The van der Waals surface area contributed by atoms with Crippen molar-refractivity contribution in [1.82, 2.24) is 25.5 Å². The van der Waals surface area contributed by atoms with Gasteiger partial charge in [-0.15, -0.1) is 10.2 Å². The molecule has 0 aliphatic rings. The zero-order chi connectivity index (χ0) is 16.9. The molecule has 0 bridgehead atoms. The normalized spacial score (nSPS) is 12.9. The Morgan fingerprint density at radius 3 is 2.70 bits per heavy atom. The number of hydrogen-bond donors (Lipinski definition) is 2. The van der Waals surface area contributed by atoms with Gasteiger partial charge >= 0.3 is 0 Å². The largest absolute Gasteiger partial charge is 0.393 e. The Morgan fingerprint density at radius 1 is 1.35 bits per heavy atom. The topological polar surface area (TPSA) is 92.9 Å². The van der Waals surface area contributed by atoms with Gasteiger partial charge in [0.25, 0.3) is 0 Å². The first-order chi connectivity index (χ1) is 10.9. The van der Waals surface area contributed by atoms with Crippen LogP contribution in [0.15, 0.2) is 30.3 Å². The van der Waals surface area contributed by atoms with E-state index in [9.17, 15) is 9.90 Å². The fourth-order valence-corrected chi connectivity index (χ4v) is 2.41. The van der Waals surface area contributed by atoms with Crippen LogP contribution in [-0.2, 0) is 11.3 Å². The number of nitrogens with zero attached hydrogens (tertiary/aromatic N) is 4. The maximum atomic E-state index is 12.0. The van der Waals surface area contributed by atoms with E-state index in [0.717, 1.165) is 5.56 Å². The molecule has 7 nitrogen and oxygen atoms in total. The second-order valence-electron chi connectivity index (χ2n) is 6.50. The molecule has 1 amide bonds. The number of tetrazole rings is 1. The van der Waals surface area contributed by atoms with Gasteiger partial charge in [0.1, 0.15) is 6.54 Å². The van der Waals surface area contributed by atoms with Crippen molar-refractivity contribution < 1.29 is 9.90 Å². The Kier molecular flexibility index (Phi) is 5.44. The van der Waals surface area contributed by atoms with Crippen molar-refractivity contribution in [1.29, 1.82) is 0 Å². The Bertz CT molecular complexity index is 637. The van der Waals surface area contributed by atoms with Gasteiger partial charge in [-0.1, -0.05) is 44.2 Å². The maximum absolute atomic E-state index is 12.0. The number of aromatic nitrogens is 4. The first-order valence-electron chi connectivity index (χ1n) is 7.64. The number of benzene rings is 1. The number of rotatable bonds is 7. The van der Waals surface area contributed by atoms with E-state index in [2.05, 4.69) is 20.7 Å². The summed E-state index contributed by atoms with van der Waals surface area (Å²) < 4.78 is 0. The summed E-state index contributed by atoms with van der Waals surface area (Å²) in [4.78, 5) is 13.3. The van der Waals surface area contributed by atoms with Gasteiger partial charge in [-0.2, -0.15) is 4.80 Å². The van der Waals surface area contributed by atoms with Crippen LogP contribution in [-0.4, -0.2) is 43.9 Å². The van der Waals surface area contributed by atoms with Crippen LogP contribution < -0.4 is 5.32 Å². The highest BCUT2D eigenvalue weighted by molar-refractivity contribution is 5.75. The van der Waals surface area contributed by atoms with Crippen molar-refractivity contribution in [2.24, 2.45) is 5.41 Å². The van der Waals surface area contributed by atoms with E-state index in [0.29, 0.717) is 18.8 Å². The molecule has 0 fully saturated rings. The van der Waals surface area contributed by atoms with Crippen molar-refractivity contribution in [3.63, 3.8) is 0 Å². The van der Waals surface area contributed by atoms with Crippen molar-refractivity contribution >= 4 is 5.91 Å². The van der Waals surface area contributed by atoms with E-state index < -0.39 is 6.10 Å². The van der Waals surface area contributed by atoms with Crippen LogP contribution in [0, 0.1) is 5.41 Å². The lowest BCUT2D eigenvalue weighted by atomic mass is 9.87. The van der Waals surface area contributed by atoms with E-state index in [1.54, 1.807) is 6.92 Å². The van der Waals surface area contributed by atoms with Gasteiger partial charge in [-0.05, 0) is 24.0 Å². The molecular weight excluding hydrogens is 294 g/mol. The predicted octanol–water partition coefficient (Wildman–Crippen LogP) is 1.25. The van der Waals surface area contributed by atoms with Crippen molar-refractivity contribution in [3.8, 4) is 11.4 Å². The highest BCUT2D eigenvalue weighted by atomic mass is 16.3. The number of carbonyl (C=O) groups excluding carboxylic acids is 1. The van der Waals surface area contributed by atoms with Crippen molar-refractivity contribution in [2.45, 2.75) is 39.8 Å². The molecule has 0 aliphatic heterocycles. The predicted molar refractivity (Wildman–Crippen MR) is 86.3 cm³/mol. The summed E-state index contributed by atoms with van der Waals surface area (Å²) in [6.07, 6.45) is 0.222. The summed E-state index contributed by atoms with van der Waals surface area (Å²) in [7, 11) is 0. The molecule has 124 valence electrons. The number of hydrogen-bond acceptors (Lipinski definition) is 5. The lowest BCUT2D eigenvalue weighted by Gasteiger charge is -2.26. The average molecular weight is 317 g/mol. The van der Waals surface area contributed by atoms with Crippen molar-refractivity contribution in [2.75, 3.05) is 6.54 Å². The lowest BCUT2D eigenvalue weighted by molar-refractivity contribution is -0.122. The van der Waals surface area contributed by atoms with Gasteiger partial charge < -0.3 is 10.4 Å². The number of nitrogens with one attached hydrogen (secondary N) is 1. The minimum Gasteiger partial charge on any atom is -0.393 e. The number of amides is 1. The monoisotopic (exact) mass is 317 g/mol. The number of aliphatic hydroxyl groups is 1. The fraction of sp³-hybridized carbons (Fsp3) is 0.500. The first-order valence-corrected chi connectivity index (χ1v) is 7.64. The lowest BCUT2D eigenvalue weighted by Crippen LogP contribution is -2.37. The van der Waals surface area contributed by atoms with Gasteiger partial charge in [0.15, 0.2) is 0 Å². The van der Waals surface area contributed by atoms with Crippen LogP contribution in [0.4, 0.5) is 0 Å². The quantitative estimate of drug-likeness (QED) is 0.802. The summed E-state index contributed by atoms with van der Waals surface area (Å²) in [5, 5.41) is 24.4. The minimum absolute atomic E-state index is 0.0184. The molecule has 7 heteroatoms. The third kappa shape index (κ3) is 5.45. The summed E-state index contributed by atoms with van der Waals surface area (Å²) in [5.41, 5.74) is 0.687. The molecule has 1 unspecified atom stereocenters. The Balaban J connectivity index is 1.88. The van der Waals surface area contributed by atoms with Gasteiger partial charge in [0.2, 0.25) is 11.7 Å². The molecule has 1 atom stereocenters. The van der Waals surface area contributed by atoms with E-state index in [1.807, 2.05) is 44.2 Å². The van der Waals surface area contributed by atoms with E-state index in [1.165, 1.54) is 4.80 Å². The average Bonchev–Trinajstić information content (AvgIpc) is 2.93. The second kappa shape index (κ2) is 7.32. The molecule has 0 saturated carbocycles. The molecule has 1 aromatic carbocycles. The first kappa shape index (κ1) is 17.1. The molecule has 1 aromatic heterocycles. The van der Waals surface area contributed by atoms with Crippen molar-refractivity contribution in [3.05, 3.63) is 30.3 Å². The molecule has 0 spiro atoms. The molecule has 0 radical (unpaired) electrons. The van der Waals surface area contributed by atoms with Crippen LogP contribution in [0.1, 0.15) is 27.2 Å². The molecule has 2 N–H and O–H groups in total. The van der Waals surface area contributed by atoms with Gasteiger partial charge in [0, 0.05) is 12.1 Å². The van der Waals surface area contributed by atoms with E-state index in [-0.39, 0.29) is 17.9 Å². The highest BCUT2D eigenvalue weighted by Crippen LogP contribution is 2.21. The van der Waals surface area contributed by atoms with Gasteiger partial charge in [-0.25, -0.2) is 0 Å². The van der Waals surface area contributed by atoms with Gasteiger partial charge in [-0.3, -0.25) is 4.79 Å². The van der Waals surface area contributed by atoms with E-state index >= 15 is 0 Å². The second-order valence-corrected chi connectivity index (χ2v) is 6.50. The minimum atomic E-state index is -0.396. The van der Waals surface area contributed by atoms with Crippen LogP contribution in [0.25, 0.3) is 11.4 Å². The number of aliphatic hydroxyl groups excluding tert-OH is 1. The van der Waals surface area contributed by atoms with Crippen LogP contribution >= 0.6 is 0 Å². The third-order valence-corrected chi connectivity index (χ3v) is 3.38.